The van der Waals surface area contributed by atoms with Crippen LogP contribution in [0.25, 0.3) is 0 Å². The first-order valence-electron chi connectivity index (χ1n) is 4.72. The van der Waals surface area contributed by atoms with Crippen molar-refractivity contribution in [2.75, 3.05) is 5.32 Å². The summed E-state index contributed by atoms with van der Waals surface area (Å²) >= 11 is 6.31. The van der Waals surface area contributed by atoms with Gasteiger partial charge >= 0.3 is 0 Å². The number of halogens is 1. The zero-order valence-corrected chi connectivity index (χ0v) is 10.2. The van der Waals surface area contributed by atoms with E-state index in [4.69, 9.17) is 12.2 Å². The Balaban J connectivity index is 2.11. The number of hydrogen-bond acceptors (Lipinski definition) is 4. The average Bonchev–Trinajstić information content (AvgIpc) is 2.65. The number of nitrogens with zero attached hydrogens (tertiary/aromatic N) is 1. The Labute approximate surface area is 101 Å². The molecule has 0 bridgehead atoms. The number of rotatable bonds is 3. The van der Waals surface area contributed by atoms with E-state index in [1.165, 1.54) is 23.5 Å². The summed E-state index contributed by atoms with van der Waals surface area (Å²) < 4.78 is 13.4. The number of anilines is 1. The van der Waals surface area contributed by atoms with Gasteiger partial charge < -0.3 is 5.32 Å². The molecule has 0 fully saturated rings. The van der Waals surface area contributed by atoms with Crippen LogP contribution in [0.4, 0.5) is 9.52 Å². The van der Waals surface area contributed by atoms with Crippen LogP contribution in [0.5, 0.6) is 0 Å². The van der Waals surface area contributed by atoms with Crippen LogP contribution in [0.15, 0.2) is 24.3 Å². The third-order valence-electron chi connectivity index (χ3n) is 2.15. The number of nitrogens with one attached hydrogen (secondary N) is 2. The van der Waals surface area contributed by atoms with Crippen LogP contribution in [0.1, 0.15) is 18.5 Å². The van der Waals surface area contributed by atoms with Crippen LogP contribution in [-0.2, 0) is 0 Å². The molecule has 16 heavy (non-hydrogen) atoms. The Morgan fingerprint density at radius 2 is 2.12 bits per heavy atom. The topological polar surface area (TPSA) is 40.7 Å². The Bertz CT molecular complexity index is 517. The summed E-state index contributed by atoms with van der Waals surface area (Å²) in [4.78, 5) is 0. The van der Waals surface area contributed by atoms with Crippen LogP contribution in [0.3, 0.4) is 0 Å². The van der Waals surface area contributed by atoms with E-state index in [-0.39, 0.29) is 11.9 Å². The van der Waals surface area contributed by atoms with E-state index in [1.54, 1.807) is 12.1 Å². The maximum absolute atomic E-state index is 12.7. The quantitative estimate of drug-likeness (QED) is 0.825. The van der Waals surface area contributed by atoms with E-state index in [2.05, 4.69) is 15.5 Å². The van der Waals surface area contributed by atoms with Crippen LogP contribution in [-0.4, -0.2) is 10.2 Å². The second-order valence-electron chi connectivity index (χ2n) is 3.34. The summed E-state index contributed by atoms with van der Waals surface area (Å²) in [6, 6.07) is 6.45. The smallest absolute Gasteiger partial charge is 0.204 e. The third kappa shape index (κ3) is 2.65. The predicted octanol–water partition coefficient (Wildman–Crippen LogP) is 3.51. The molecule has 0 aliphatic rings. The molecule has 0 amide bonds. The first-order chi connectivity index (χ1) is 7.65. The summed E-state index contributed by atoms with van der Waals surface area (Å²) in [5.74, 6) is -0.230. The molecule has 0 radical (unpaired) electrons. The van der Waals surface area contributed by atoms with Gasteiger partial charge in [-0.1, -0.05) is 23.5 Å². The molecule has 1 unspecified atom stereocenters. The van der Waals surface area contributed by atoms with E-state index < -0.39 is 0 Å². The zero-order valence-electron chi connectivity index (χ0n) is 8.53. The molecule has 0 saturated carbocycles. The molecule has 1 heterocycles. The lowest BCUT2D eigenvalue weighted by Crippen LogP contribution is -2.06. The molecule has 0 spiro atoms. The molecular formula is C10H10FN3S2. The molecule has 2 rings (SSSR count). The summed E-state index contributed by atoms with van der Waals surface area (Å²) in [6.45, 7) is 1.98. The monoisotopic (exact) mass is 255 g/mol. The highest BCUT2D eigenvalue weighted by Gasteiger charge is 2.07. The highest BCUT2D eigenvalue weighted by atomic mass is 32.1. The maximum atomic E-state index is 12.7. The van der Waals surface area contributed by atoms with Crippen LogP contribution >= 0.6 is 23.6 Å². The zero-order chi connectivity index (χ0) is 11.5. The van der Waals surface area contributed by atoms with Gasteiger partial charge in [0.05, 0.1) is 6.04 Å². The van der Waals surface area contributed by atoms with Crippen molar-refractivity contribution in [3.63, 3.8) is 0 Å². The lowest BCUT2D eigenvalue weighted by atomic mass is 10.1. The lowest BCUT2D eigenvalue weighted by Gasteiger charge is -2.12. The van der Waals surface area contributed by atoms with Crippen molar-refractivity contribution < 1.29 is 4.39 Å². The molecule has 84 valence electrons. The fraction of sp³-hybridized carbons (Fsp3) is 0.200. The molecule has 1 aromatic heterocycles. The van der Waals surface area contributed by atoms with E-state index in [0.717, 1.165) is 10.7 Å². The number of aromatic amines is 1. The SMILES string of the molecule is CC(Nc1n[nH]c(=S)s1)c1ccc(F)cc1. The normalized spacial score (nSPS) is 12.4. The van der Waals surface area contributed by atoms with Crippen LogP contribution in [0.2, 0.25) is 0 Å². The van der Waals surface area contributed by atoms with Crippen LogP contribution in [0, 0.1) is 9.77 Å². The van der Waals surface area contributed by atoms with E-state index in [1.807, 2.05) is 6.92 Å². The van der Waals surface area contributed by atoms with Crippen molar-refractivity contribution in [2.24, 2.45) is 0 Å². The van der Waals surface area contributed by atoms with Gasteiger partial charge in [-0.2, -0.15) is 0 Å². The van der Waals surface area contributed by atoms with Gasteiger partial charge in [0.15, 0.2) is 3.95 Å². The van der Waals surface area contributed by atoms with Crippen molar-refractivity contribution in [3.05, 3.63) is 39.6 Å². The fourth-order valence-electron chi connectivity index (χ4n) is 1.31. The van der Waals surface area contributed by atoms with Crippen molar-refractivity contribution in [1.29, 1.82) is 0 Å². The molecular weight excluding hydrogens is 245 g/mol. The molecule has 2 aromatic rings. The van der Waals surface area contributed by atoms with E-state index >= 15 is 0 Å². The first-order valence-corrected chi connectivity index (χ1v) is 5.95. The van der Waals surface area contributed by atoms with Gasteiger partial charge in [-0.15, -0.1) is 5.10 Å². The molecule has 6 heteroatoms. The highest BCUT2D eigenvalue weighted by Crippen LogP contribution is 2.20. The van der Waals surface area contributed by atoms with Crippen molar-refractivity contribution >= 4 is 28.7 Å². The minimum atomic E-state index is -0.230. The molecule has 0 aliphatic heterocycles. The largest absolute Gasteiger partial charge is 0.354 e. The van der Waals surface area contributed by atoms with Gasteiger partial charge in [0.2, 0.25) is 5.13 Å². The molecule has 0 saturated heterocycles. The Morgan fingerprint density at radius 3 is 2.69 bits per heavy atom. The van der Waals surface area contributed by atoms with Crippen molar-refractivity contribution in [2.45, 2.75) is 13.0 Å². The summed E-state index contributed by atoms with van der Waals surface area (Å²) in [5, 5.41) is 10.6. The van der Waals surface area contributed by atoms with E-state index in [0.29, 0.717) is 3.95 Å². The predicted molar refractivity (Wildman–Crippen MR) is 65.7 cm³/mol. The van der Waals surface area contributed by atoms with Gasteiger partial charge in [0, 0.05) is 0 Å². The second kappa shape index (κ2) is 4.71. The minimum Gasteiger partial charge on any atom is -0.354 e. The average molecular weight is 255 g/mol. The number of hydrogen-bond donors (Lipinski definition) is 2. The van der Waals surface area contributed by atoms with Gasteiger partial charge in [-0.3, -0.25) is 5.10 Å². The van der Waals surface area contributed by atoms with Gasteiger partial charge in [0.25, 0.3) is 0 Å². The lowest BCUT2D eigenvalue weighted by molar-refractivity contribution is 0.626. The summed E-state index contributed by atoms with van der Waals surface area (Å²) in [6.07, 6.45) is 0. The molecule has 1 atom stereocenters. The summed E-state index contributed by atoms with van der Waals surface area (Å²) in [5.41, 5.74) is 1.00. The van der Waals surface area contributed by atoms with Crippen LogP contribution < -0.4 is 5.32 Å². The number of H-pyrrole nitrogens is 1. The first kappa shape index (κ1) is 11.2. The molecule has 1 aromatic carbocycles. The molecule has 3 nitrogen and oxygen atoms in total. The molecule has 2 N–H and O–H groups in total. The summed E-state index contributed by atoms with van der Waals surface area (Å²) in [7, 11) is 0. The van der Waals surface area contributed by atoms with Gasteiger partial charge in [-0.05, 0) is 36.8 Å². The maximum Gasteiger partial charge on any atom is 0.204 e. The van der Waals surface area contributed by atoms with E-state index in [9.17, 15) is 4.39 Å². The van der Waals surface area contributed by atoms with Crippen molar-refractivity contribution in [1.82, 2.24) is 10.2 Å². The molecule has 0 aliphatic carbocycles. The van der Waals surface area contributed by atoms with Gasteiger partial charge in [-0.25, -0.2) is 4.39 Å². The number of aromatic nitrogens is 2. The standard InChI is InChI=1S/C10H10FN3S2/c1-6(7-2-4-8(11)5-3-7)12-9-13-14-10(15)16-9/h2-6H,1H3,(H,12,13)(H,14,15). The Hall–Kier alpha value is -1.27. The third-order valence-corrected chi connectivity index (χ3v) is 3.17. The Morgan fingerprint density at radius 1 is 1.44 bits per heavy atom. The minimum absolute atomic E-state index is 0.0644. The second-order valence-corrected chi connectivity index (χ2v) is 5.00. The van der Waals surface area contributed by atoms with Gasteiger partial charge in [0.1, 0.15) is 5.82 Å². The number of benzene rings is 1. The highest BCUT2D eigenvalue weighted by molar-refractivity contribution is 7.73. The fourth-order valence-corrected chi connectivity index (χ4v) is 2.19. The van der Waals surface area contributed by atoms with Crippen molar-refractivity contribution in [3.8, 4) is 0 Å². The Kier molecular flexibility index (Phi) is 3.31.